The first kappa shape index (κ1) is 44.8. The Kier molecular flexibility index (Phi) is 13.4. The molecule has 1 aromatic carbocycles. The van der Waals surface area contributed by atoms with Gasteiger partial charge in [-0.2, -0.15) is 0 Å². The third kappa shape index (κ3) is 9.28. The number of para-hydroxylation sites is 1. The highest BCUT2D eigenvalue weighted by atomic mass is 79.9. The summed E-state index contributed by atoms with van der Waals surface area (Å²) in [4.78, 5) is 89.8. The lowest BCUT2D eigenvalue weighted by Crippen LogP contribution is -2.52. The number of imide groups is 2. The third-order valence-corrected chi connectivity index (χ3v) is 17.8. The zero-order valence-electron chi connectivity index (χ0n) is 31.7. The van der Waals surface area contributed by atoms with E-state index in [1.54, 1.807) is 11.4 Å². The molecule has 8 rings (SSSR count). The Bertz CT molecular complexity index is 2630. The minimum absolute atomic E-state index is 0.0198. The normalized spacial score (nSPS) is 18.7. The number of methoxy groups -OCH3 is 1. The molecule has 61 heavy (non-hydrogen) atoms. The Hall–Kier alpha value is -4.25. The van der Waals surface area contributed by atoms with E-state index < -0.39 is 39.6 Å². The second kappa shape index (κ2) is 18.2. The number of hydrogen-bond donors (Lipinski definition) is 3. The summed E-state index contributed by atoms with van der Waals surface area (Å²) in [6, 6.07) is 4.91. The molecule has 7 amide bonds. The molecular formula is C38H33BrCl2FN5O10S4. The second-order valence-corrected chi connectivity index (χ2v) is 21.3. The Labute approximate surface area is 377 Å². The maximum atomic E-state index is 13.8. The fourth-order valence-electron chi connectivity index (χ4n) is 7.38. The van der Waals surface area contributed by atoms with Crippen LogP contribution in [0.25, 0.3) is 0 Å². The van der Waals surface area contributed by atoms with E-state index in [1.165, 1.54) is 51.7 Å². The number of piperidine rings is 2. The van der Waals surface area contributed by atoms with E-state index in [-0.39, 0.29) is 104 Å². The van der Waals surface area contributed by atoms with E-state index in [2.05, 4.69) is 31.9 Å². The number of rotatable bonds is 11. The van der Waals surface area contributed by atoms with Crippen LogP contribution in [-0.4, -0.2) is 84.5 Å². The molecule has 322 valence electrons. The van der Waals surface area contributed by atoms with Crippen molar-refractivity contribution in [2.24, 2.45) is 0 Å². The zero-order chi connectivity index (χ0) is 43.9. The van der Waals surface area contributed by atoms with Gasteiger partial charge in [-0.15, -0.1) is 34.0 Å². The van der Waals surface area contributed by atoms with Gasteiger partial charge in [-0.05, 0) is 58.5 Å². The van der Waals surface area contributed by atoms with Crippen LogP contribution in [-0.2, 0) is 66.3 Å². The summed E-state index contributed by atoms with van der Waals surface area (Å²) in [6.07, 6.45) is 1.15. The van der Waals surface area contributed by atoms with Crippen LogP contribution in [0.5, 0.6) is 5.75 Å². The Morgan fingerprint density at radius 2 is 1.62 bits per heavy atom. The van der Waals surface area contributed by atoms with E-state index in [4.69, 9.17) is 27.9 Å². The molecule has 0 aliphatic carbocycles. The van der Waals surface area contributed by atoms with Crippen molar-refractivity contribution in [2.75, 3.05) is 12.9 Å². The van der Waals surface area contributed by atoms with Gasteiger partial charge in [-0.25, -0.2) is 12.8 Å². The smallest absolute Gasteiger partial charge is 0.265 e. The molecule has 3 aromatic heterocycles. The van der Waals surface area contributed by atoms with Crippen LogP contribution in [0.1, 0.15) is 72.2 Å². The average molecular weight is 1020 g/mol. The molecule has 4 aromatic rings. The van der Waals surface area contributed by atoms with Gasteiger partial charge in [0.1, 0.15) is 25.7 Å². The lowest BCUT2D eigenvalue weighted by atomic mass is 10.0. The van der Waals surface area contributed by atoms with E-state index in [0.29, 0.717) is 29.0 Å². The number of ether oxygens (including phenoxy) is 1. The van der Waals surface area contributed by atoms with Crippen molar-refractivity contribution in [1.29, 1.82) is 0 Å². The predicted octanol–water partition coefficient (Wildman–Crippen LogP) is 5.17. The first-order chi connectivity index (χ1) is 29.0. The molecule has 4 aliphatic rings. The van der Waals surface area contributed by atoms with Gasteiger partial charge in [0.05, 0.1) is 40.7 Å². The SMILES string of the molecule is COc1c(F)cccc1CC(=O)NCc1cc2c(s1)C(=O)N(C1CCC(=O)NC1=O)C2.O=C1CCC(N2Cc3c(csc3CCS(=O)(=O)c3c(Cl)sc(Cl)c3Br)C2=O)C(=O)N1. The fourth-order valence-corrected chi connectivity index (χ4v) is 14.6. The number of hydrogen-bond acceptors (Lipinski definition) is 13. The second-order valence-electron chi connectivity index (χ2n) is 14.2. The molecule has 3 N–H and O–H groups in total. The van der Waals surface area contributed by atoms with Crippen LogP contribution < -0.4 is 20.7 Å². The molecular weight excluding hydrogens is 985 g/mol. The van der Waals surface area contributed by atoms with Crippen molar-refractivity contribution in [3.05, 3.63) is 85.5 Å². The third-order valence-electron chi connectivity index (χ3n) is 10.3. The van der Waals surface area contributed by atoms with Crippen LogP contribution in [0.4, 0.5) is 4.39 Å². The Morgan fingerprint density at radius 1 is 0.967 bits per heavy atom. The Morgan fingerprint density at radius 3 is 2.21 bits per heavy atom. The van der Waals surface area contributed by atoms with Crippen molar-refractivity contribution in [2.45, 2.75) is 75.1 Å². The minimum Gasteiger partial charge on any atom is -0.493 e. The summed E-state index contributed by atoms with van der Waals surface area (Å²) >= 11 is 18.8. The van der Waals surface area contributed by atoms with Crippen LogP contribution in [0.15, 0.2) is 39.0 Å². The largest absolute Gasteiger partial charge is 0.493 e. The number of halogens is 4. The molecule has 2 saturated heterocycles. The maximum Gasteiger partial charge on any atom is 0.265 e. The first-order valence-electron chi connectivity index (χ1n) is 18.4. The summed E-state index contributed by atoms with van der Waals surface area (Å²) in [6.45, 7) is 0.749. The van der Waals surface area contributed by atoms with E-state index >= 15 is 0 Å². The number of aryl methyl sites for hydroxylation is 1. The highest BCUT2D eigenvalue weighted by molar-refractivity contribution is 9.10. The molecule has 0 bridgehead atoms. The lowest BCUT2D eigenvalue weighted by molar-refractivity contribution is -0.138. The molecule has 4 aliphatic heterocycles. The number of sulfone groups is 1. The van der Waals surface area contributed by atoms with Crippen molar-refractivity contribution >= 4 is 124 Å². The summed E-state index contributed by atoms with van der Waals surface area (Å²) in [5, 5.41) is 9.00. The molecule has 15 nitrogen and oxygen atoms in total. The number of fused-ring (bicyclic) bond motifs is 2. The summed E-state index contributed by atoms with van der Waals surface area (Å²) in [7, 11) is -2.35. The van der Waals surface area contributed by atoms with Crippen molar-refractivity contribution < 1.29 is 51.1 Å². The van der Waals surface area contributed by atoms with Crippen molar-refractivity contribution in [1.82, 2.24) is 25.8 Å². The molecule has 23 heteroatoms. The number of nitrogens with zero attached hydrogens (tertiary/aromatic N) is 2. The van der Waals surface area contributed by atoms with Gasteiger partial charge < -0.3 is 19.9 Å². The zero-order valence-corrected chi connectivity index (χ0v) is 38.1. The van der Waals surface area contributed by atoms with Gasteiger partial charge >= 0.3 is 0 Å². The predicted molar refractivity (Wildman–Crippen MR) is 227 cm³/mol. The van der Waals surface area contributed by atoms with Crippen LogP contribution >= 0.6 is 73.1 Å². The quantitative estimate of drug-likeness (QED) is 0.168. The van der Waals surface area contributed by atoms with Crippen molar-refractivity contribution in [3.8, 4) is 5.75 Å². The molecule has 2 atom stereocenters. The molecule has 0 saturated carbocycles. The number of benzene rings is 1. The van der Waals surface area contributed by atoms with Gasteiger partial charge in [0, 0.05) is 46.6 Å². The molecule has 7 heterocycles. The van der Waals surface area contributed by atoms with E-state index in [1.807, 2.05) is 6.07 Å². The first-order valence-corrected chi connectivity index (χ1v) is 24.1. The van der Waals surface area contributed by atoms with Gasteiger partial charge in [0.15, 0.2) is 21.4 Å². The average Bonchev–Trinajstić information content (AvgIpc) is 4.00. The molecule has 2 fully saturated rings. The number of amides is 7. The van der Waals surface area contributed by atoms with Gasteiger partial charge in [0.2, 0.25) is 29.5 Å². The highest BCUT2D eigenvalue weighted by Crippen LogP contribution is 2.44. The van der Waals surface area contributed by atoms with Crippen LogP contribution in [0, 0.1) is 5.82 Å². The molecule has 0 spiro atoms. The number of thiophene rings is 3. The minimum atomic E-state index is -3.70. The lowest BCUT2D eigenvalue weighted by Gasteiger charge is -2.29. The fraction of sp³-hybridized carbons (Fsp3) is 0.342. The monoisotopic (exact) mass is 1010 g/mol. The molecule has 0 radical (unpaired) electrons. The summed E-state index contributed by atoms with van der Waals surface area (Å²) < 4.78 is 45.0. The topological polar surface area (TPSA) is 205 Å². The standard InChI is InChI=1S/C21H20FN3O5S.C17H13BrCl2N2O5S3/c1-30-18-11(3-2-4-14(18)22)8-17(27)23-9-13-7-12-10-25(21(29)19(12)31-13)15-5-6-16(26)24-20(15)28;18-12-13(15(20)29-14(12)19)30(26,27)4-3-10-7-5-22(17(25)8(7)6-28-10)9-1-2-11(23)21-16(9)24/h2-4,7,15H,5-6,8-10H2,1H3,(H,23,27)(H,24,26,28);6,9H,1-5H2,(H,21,23,24). The number of carbonyl (C=O) groups is 7. The number of nitrogens with one attached hydrogen (secondary N) is 3. The maximum absolute atomic E-state index is 13.8. The Balaban J connectivity index is 0.000000184. The van der Waals surface area contributed by atoms with Crippen LogP contribution in [0.3, 0.4) is 0 Å². The molecule has 2 unspecified atom stereocenters. The number of carbonyl (C=O) groups excluding carboxylic acids is 7. The summed E-state index contributed by atoms with van der Waals surface area (Å²) in [5.74, 6) is -3.08. The van der Waals surface area contributed by atoms with Crippen molar-refractivity contribution in [3.63, 3.8) is 0 Å². The van der Waals surface area contributed by atoms with Crippen LogP contribution in [0.2, 0.25) is 8.67 Å². The van der Waals surface area contributed by atoms with Gasteiger partial charge in [-0.1, -0.05) is 35.3 Å². The van der Waals surface area contributed by atoms with Gasteiger partial charge in [-0.3, -0.25) is 44.2 Å². The van der Waals surface area contributed by atoms with E-state index in [0.717, 1.165) is 32.2 Å². The summed E-state index contributed by atoms with van der Waals surface area (Å²) in [5.41, 5.74) is 2.47. The highest BCUT2D eigenvalue weighted by Gasteiger charge is 2.42. The van der Waals surface area contributed by atoms with Gasteiger partial charge in [0.25, 0.3) is 11.8 Å². The van der Waals surface area contributed by atoms with E-state index in [9.17, 15) is 46.4 Å².